The van der Waals surface area contributed by atoms with Crippen molar-refractivity contribution in [3.05, 3.63) is 18.2 Å². The number of rotatable bonds is 4. The number of hydrogen-bond acceptors (Lipinski definition) is 3. The Labute approximate surface area is 83.3 Å². The third kappa shape index (κ3) is 2.56. The predicted octanol–water partition coefficient (Wildman–Crippen LogP) is -0.0371. The Bertz CT molecular complexity index is 283. The summed E-state index contributed by atoms with van der Waals surface area (Å²) in [6.45, 7) is 2.69. The summed E-state index contributed by atoms with van der Waals surface area (Å²) in [5.41, 5.74) is 5.41. The summed E-state index contributed by atoms with van der Waals surface area (Å²) < 4.78 is 0. The molecular formula is C9H16N4O. The molecule has 0 saturated heterocycles. The number of aromatic amines is 1. The van der Waals surface area contributed by atoms with Gasteiger partial charge in [-0.15, -0.1) is 0 Å². The Balaban J connectivity index is 2.50. The molecule has 1 atom stereocenters. The SMILES string of the molecule is CC(CN)C(=O)N(C)Cc1ncc[nH]1. The maximum Gasteiger partial charge on any atom is 0.226 e. The summed E-state index contributed by atoms with van der Waals surface area (Å²) in [5, 5.41) is 0. The summed E-state index contributed by atoms with van der Waals surface area (Å²) in [6.07, 6.45) is 3.40. The first-order valence-corrected chi connectivity index (χ1v) is 4.58. The molecule has 0 fully saturated rings. The fourth-order valence-electron chi connectivity index (χ4n) is 1.16. The van der Waals surface area contributed by atoms with Gasteiger partial charge < -0.3 is 15.6 Å². The minimum Gasteiger partial charge on any atom is -0.347 e. The van der Waals surface area contributed by atoms with Crippen LogP contribution in [-0.4, -0.2) is 34.4 Å². The van der Waals surface area contributed by atoms with Crippen molar-refractivity contribution in [1.29, 1.82) is 0 Å². The molecule has 1 aromatic rings. The van der Waals surface area contributed by atoms with Crippen molar-refractivity contribution < 1.29 is 4.79 Å². The Morgan fingerprint density at radius 3 is 3.00 bits per heavy atom. The molecule has 0 saturated carbocycles. The van der Waals surface area contributed by atoms with Crippen molar-refractivity contribution in [2.24, 2.45) is 11.7 Å². The number of imidazole rings is 1. The zero-order valence-corrected chi connectivity index (χ0v) is 8.53. The Hall–Kier alpha value is -1.36. The standard InChI is InChI=1S/C9H16N4O/c1-7(5-10)9(14)13(2)6-8-11-3-4-12-8/h3-4,7H,5-6,10H2,1-2H3,(H,11,12). The monoisotopic (exact) mass is 196 g/mol. The molecule has 3 N–H and O–H groups in total. The van der Waals surface area contributed by atoms with E-state index in [1.165, 1.54) is 0 Å². The maximum atomic E-state index is 11.6. The smallest absolute Gasteiger partial charge is 0.226 e. The average molecular weight is 196 g/mol. The second kappa shape index (κ2) is 4.76. The largest absolute Gasteiger partial charge is 0.347 e. The Morgan fingerprint density at radius 2 is 2.50 bits per heavy atom. The van der Waals surface area contributed by atoms with E-state index < -0.39 is 0 Å². The molecule has 1 amide bonds. The molecule has 0 aliphatic carbocycles. The number of nitrogens with two attached hydrogens (primary N) is 1. The van der Waals surface area contributed by atoms with Crippen LogP contribution < -0.4 is 5.73 Å². The second-order valence-corrected chi connectivity index (χ2v) is 3.37. The molecule has 5 heteroatoms. The minimum absolute atomic E-state index is 0.0453. The van der Waals surface area contributed by atoms with Crippen molar-refractivity contribution in [3.63, 3.8) is 0 Å². The van der Waals surface area contributed by atoms with E-state index in [2.05, 4.69) is 9.97 Å². The minimum atomic E-state index is -0.130. The van der Waals surface area contributed by atoms with E-state index in [9.17, 15) is 4.79 Å². The molecule has 1 rings (SSSR count). The van der Waals surface area contributed by atoms with E-state index in [0.29, 0.717) is 13.1 Å². The van der Waals surface area contributed by atoms with Gasteiger partial charge in [0, 0.05) is 31.9 Å². The lowest BCUT2D eigenvalue weighted by molar-refractivity contribution is -0.133. The normalized spacial score (nSPS) is 12.5. The highest BCUT2D eigenvalue weighted by atomic mass is 16.2. The highest BCUT2D eigenvalue weighted by Gasteiger charge is 2.16. The van der Waals surface area contributed by atoms with Gasteiger partial charge in [0.1, 0.15) is 5.82 Å². The highest BCUT2D eigenvalue weighted by molar-refractivity contribution is 5.78. The summed E-state index contributed by atoms with van der Waals surface area (Å²) in [4.78, 5) is 20.2. The van der Waals surface area contributed by atoms with E-state index >= 15 is 0 Å². The molecule has 0 aliphatic rings. The van der Waals surface area contributed by atoms with E-state index in [1.54, 1.807) is 24.3 Å². The zero-order chi connectivity index (χ0) is 10.6. The predicted molar refractivity (Wildman–Crippen MR) is 53.3 cm³/mol. The van der Waals surface area contributed by atoms with Gasteiger partial charge in [0.25, 0.3) is 0 Å². The number of hydrogen-bond donors (Lipinski definition) is 2. The van der Waals surface area contributed by atoms with Crippen LogP contribution in [0.5, 0.6) is 0 Å². The van der Waals surface area contributed by atoms with Crippen LogP contribution in [0.1, 0.15) is 12.7 Å². The van der Waals surface area contributed by atoms with Crippen molar-refractivity contribution in [1.82, 2.24) is 14.9 Å². The first-order chi connectivity index (χ1) is 6.65. The number of aromatic nitrogens is 2. The van der Waals surface area contributed by atoms with Gasteiger partial charge in [0.2, 0.25) is 5.91 Å². The molecule has 14 heavy (non-hydrogen) atoms. The van der Waals surface area contributed by atoms with Crippen molar-refractivity contribution in [3.8, 4) is 0 Å². The summed E-state index contributed by atoms with van der Waals surface area (Å²) in [7, 11) is 1.75. The van der Waals surface area contributed by atoms with Crippen LogP contribution in [-0.2, 0) is 11.3 Å². The molecule has 0 radical (unpaired) electrons. The fraction of sp³-hybridized carbons (Fsp3) is 0.556. The van der Waals surface area contributed by atoms with E-state index in [4.69, 9.17) is 5.73 Å². The number of amides is 1. The van der Waals surface area contributed by atoms with Gasteiger partial charge in [-0.1, -0.05) is 6.92 Å². The van der Waals surface area contributed by atoms with Crippen molar-refractivity contribution >= 4 is 5.91 Å². The number of carbonyl (C=O) groups excluding carboxylic acids is 1. The molecule has 0 aromatic carbocycles. The van der Waals surface area contributed by atoms with E-state index in [-0.39, 0.29) is 11.8 Å². The summed E-state index contributed by atoms with van der Waals surface area (Å²) in [6, 6.07) is 0. The zero-order valence-electron chi connectivity index (χ0n) is 8.53. The number of nitrogens with one attached hydrogen (secondary N) is 1. The third-order valence-corrected chi connectivity index (χ3v) is 2.09. The molecule has 1 heterocycles. The number of nitrogens with zero attached hydrogens (tertiary/aromatic N) is 2. The van der Waals surface area contributed by atoms with Gasteiger partial charge in [-0.05, 0) is 0 Å². The van der Waals surface area contributed by atoms with Crippen LogP contribution in [0.4, 0.5) is 0 Å². The lowest BCUT2D eigenvalue weighted by Gasteiger charge is -2.19. The second-order valence-electron chi connectivity index (χ2n) is 3.37. The van der Waals surface area contributed by atoms with Crippen LogP contribution in [0.15, 0.2) is 12.4 Å². The maximum absolute atomic E-state index is 11.6. The lowest BCUT2D eigenvalue weighted by atomic mass is 10.1. The van der Waals surface area contributed by atoms with Gasteiger partial charge in [-0.25, -0.2) is 4.98 Å². The topological polar surface area (TPSA) is 75.0 Å². The van der Waals surface area contributed by atoms with Gasteiger partial charge in [0.05, 0.1) is 6.54 Å². The number of carbonyl (C=O) groups is 1. The third-order valence-electron chi connectivity index (χ3n) is 2.09. The van der Waals surface area contributed by atoms with Crippen LogP contribution in [0.2, 0.25) is 0 Å². The van der Waals surface area contributed by atoms with Crippen LogP contribution in [0, 0.1) is 5.92 Å². The van der Waals surface area contributed by atoms with Crippen LogP contribution in [0.25, 0.3) is 0 Å². The number of H-pyrrole nitrogens is 1. The van der Waals surface area contributed by atoms with Crippen LogP contribution in [0.3, 0.4) is 0 Å². The molecular weight excluding hydrogens is 180 g/mol. The lowest BCUT2D eigenvalue weighted by Crippen LogP contribution is -2.34. The highest BCUT2D eigenvalue weighted by Crippen LogP contribution is 2.02. The van der Waals surface area contributed by atoms with Crippen molar-refractivity contribution in [2.45, 2.75) is 13.5 Å². The van der Waals surface area contributed by atoms with Crippen molar-refractivity contribution in [2.75, 3.05) is 13.6 Å². The molecule has 78 valence electrons. The van der Waals surface area contributed by atoms with Gasteiger partial charge in [-0.3, -0.25) is 4.79 Å². The van der Waals surface area contributed by atoms with Gasteiger partial charge in [0.15, 0.2) is 0 Å². The molecule has 0 aliphatic heterocycles. The fourth-order valence-corrected chi connectivity index (χ4v) is 1.16. The molecule has 5 nitrogen and oxygen atoms in total. The molecule has 1 unspecified atom stereocenters. The van der Waals surface area contributed by atoms with E-state index in [0.717, 1.165) is 5.82 Å². The first-order valence-electron chi connectivity index (χ1n) is 4.58. The van der Waals surface area contributed by atoms with Crippen LogP contribution >= 0.6 is 0 Å². The molecule has 0 bridgehead atoms. The summed E-state index contributed by atoms with van der Waals surface area (Å²) in [5.74, 6) is 0.698. The average Bonchev–Trinajstić information content (AvgIpc) is 2.68. The Kier molecular flexibility index (Phi) is 3.64. The van der Waals surface area contributed by atoms with Gasteiger partial charge >= 0.3 is 0 Å². The van der Waals surface area contributed by atoms with Gasteiger partial charge in [-0.2, -0.15) is 0 Å². The van der Waals surface area contributed by atoms with E-state index in [1.807, 2.05) is 6.92 Å². The molecule has 0 spiro atoms. The molecule has 1 aromatic heterocycles. The first kappa shape index (κ1) is 10.7. The Morgan fingerprint density at radius 1 is 1.79 bits per heavy atom. The summed E-state index contributed by atoms with van der Waals surface area (Å²) >= 11 is 0. The quantitative estimate of drug-likeness (QED) is 0.709.